The molecule has 1 aromatic rings. The monoisotopic (exact) mass is 283 g/mol. The second kappa shape index (κ2) is 4.45. The minimum atomic E-state index is -0.123. The van der Waals surface area contributed by atoms with Gasteiger partial charge in [0.05, 0.1) is 25.5 Å². The fourth-order valence-corrected chi connectivity index (χ4v) is 4.12. The Morgan fingerprint density at radius 3 is 2.33 bits per heavy atom. The number of likely N-dealkylation sites (tertiary alicyclic amines) is 1. The molecule has 1 saturated carbocycles. The number of benzene rings is 1. The smallest absolute Gasteiger partial charge is 0.234 e. The lowest BCUT2D eigenvalue weighted by atomic mass is 9.85. The Balaban J connectivity index is 1.63. The van der Waals surface area contributed by atoms with Crippen molar-refractivity contribution < 1.29 is 14.3 Å². The molecule has 2 amide bonds. The van der Waals surface area contributed by atoms with Gasteiger partial charge in [-0.25, -0.2) is 0 Å². The lowest BCUT2D eigenvalue weighted by Gasteiger charge is -2.18. The molecule has 0 N–H and O–H groups in total. The van der Waals surface area contributed by atoms with Crippen LogP contribution in [0.4, 0.5) is 0 Å². The molecule has 0 spiro atoms. The maximum atomic E-state index is 12.6. The van der Waals surface area contributed by atoms with Crippen molar-refractivity contribution in [3.8, 4) is 5.75 Å². The molecule has 4 rings (SSSR count). The Morgan fingerprint density at radius 2 is 1.71 bits per heavy atom. The fourth-order valence-electron chi connectivity index (χ4n) is 4.12. The van der Waals surface area contributed by atoms with Crippen molar-refractivity contribution in [2.45, 2.75) is 13.0 Å². The summed E-state index contributed by atoms with van der Waals surface area (Å²) in [7, 11) is 1.60. The largest absolute Gasteiger partial charge is 0.496 e. The molecule has 4 nitrogen and oxygen atoms in total. The van der Waals surface area contributed by atoms with Gasteiger partial charge in [0.2, 0.25) is 11.8 Å². The van der Waals surface area contributed by atoms with Crippen molar-refractivity contribution in [1.29, 1.82) is 0 Å². The minimum absolute atomic E-state index is 0.00671. The van der Waals surface area contributed by atoms with Crippen molar-refractivity contribution in [2.75, 3.05) is 7.11 Å². The first-order chi connectivity index (χ1) is 10.2. The van der Waals surface area contributed by atoms with Crippen LogP contribution in [-0.4, -0.2) is 23.8 Å². The zero-order valence-corrected chi connectivity index (χ0v) is 11.9. The number of hydrogen-bond donors (Lipinski definition) is 0. The molecule has 21 heavy (non-hydrogen) atoms. The summed E-state index contributed by atoms with van der Waals surface area (Å²) >= 11 is 0. The van der Waals surface area contributed by atoms with Gasteiger partial charge in [-0.2, -0.15) is 0 Å². The summed E-state index contributed by atoms with van der Waals surface area (Å²) < 4.78 is 5.31. The lowest BCUT2D eigenvalue weighted by molar-refractivity contribution is -0.141. The summed E-state index contributed by atoms with van der Waals surface area (Å²) in [6, 6.07) is 7.54. The summed E-state index contributed by atoms with van der Waals surface area (Å²) in [5.74, 6) is 0.986. The minimum Gasteiger partial charge on any atom is -0.496 e. The number of nitrogens with zero attached hydrogens (tertiary/aromatic N) is 1. The average molecular weight is 283 g/mol. The highest BCUT2D eigenvalue weighted by molar-refractivity contribution is 6.06. The van der Waals surface area contributed by atoms with E-state index < -0.39 is 0 Å². The normalized spacial score (nSPS) is 32.9. The summed E-state index contributed by atoms with van der Waals surface area (Å²) in [5.41, 5.74) is 0.877. The van der Waals surface area contributed by atoms with E-state index in [4.69, 9.17) is 4.74 Å². The molecule has 4 atom stereocenters. The molecule has 1 saturated heterocycles. The first-order valence-electron chi connectivity index (χ1n) is 7.36. The number of carbonyl (C=O) groups excluding carboxylic acids is 2. The van der Waals surface area contributed by atoms with Crippen LogP contribution >= 0.6 is 0 Å². The van der Waals surface area contributed by atoms with E-state index >= 15 is 0 Å². The number of para-hydroxylation sites is 1. The third-order valence-electron chi connectivity index (χ3n) is 5.08. The number of hydrogen-bond acceptors (Lipinski definition) is 3. The molecule has 3 aliphatic rings. The Morgan fingerprint density at radius 1 is 1.10 bits per heavy atom. The van der Waals surface area contributed by atoms with Gasteiger partial charge < -0.3 is 4.74 Å². The van der Waals surface area contributed by atoms with Crippen LogP contribution in [0.1, 0.15) is 12.0 Å². The first-order valence-corrected chi connectivity index (χ1v) is 7.36. The van der Waals surface area contributed by atoms with E-state index in [0.717, 1.165) is 17.7 Å². The highest BCUT2D eigenvalue weighted by Gasteiger charge is 2.59. The van der Waals surface area contributed by atoms with Crippen LogP contribution in [0.3, 0.4) is 0 Å². The van der Waals surface area contributed by atoms with Crippen LogP contribution in [0.5, 0.6) is 5.75 Å². The zero-order valence-electron chi connectivity index (χ0n) is 11.9. The Labute approximate surface area is 123 Å². The van der Waals surface area contributed by atoms with Gasteiger partial charge in [0.25, 0.3) is 0 Å². The molecule has 1 aromatic carbocycles. The van der Waals surface area contributed by atoms with Gasteiger partial charge in [-0.3, -0.25) is 14.5 Å². The third kappa shape index (κ3) is 1.68. The average Bonchev–Trinajstić information content (AvgIpc) is 3.17. The molecule has 0 aromatic heterocycles. The Kier molecular flexibility index (Phi) is 2.67. The van der Waals surface area contributed by atoms with Crippen LogP contribution < -0.4 is 4.74 Å². The molecule has 2 bridgehead atoms. The Hall–Kier alpha value is -2.10. The van der Waals surface area contributed by atoms with Crippen LogP contribution in [-0.2, 0) is 16.1 Å². The van der Waals surface area contributed by atoms with Gasteiger partial charge in [0.15, 0.2) is 0 Å². The van der Waals surface area contributed by atoms with Crippen molar-refractivity contribution in [3.63, 3.8) is 0 Å². The standard InChI is InChI=1S/C17H17NO3/c1-21-13-5-3-2-4-12(13)9-18-16(19)14-10-6-7-11(8-10)15(14)17(18)20/h2-7,10-11,14-15H,8-9H2,1H3/t10-,11+,14-,15-/m0/s1. The molecule has 0 radical (unpaired) electrons. The predicted molar refractivity (Wildman–Crippen MR) is 76.3 cm³/mol. The molecule has 4 heteroatoms. The number of imide groups is 1. The van der Waals surface area contributed by atoms with E-state index in [1.165, 1.54) is 4.90 Å². The highest BCUT2D eigenvalue weighted by Crippen LogP contribution is 2.52. The molecule has 1 heterocycles. The zero-order chi connectivity index (χ0) is 14.6. The molecule has 108 valence electrons. The first kappa shape index (κ1) is 12.6. The number of carbonyl (C=O) groups is 2. The Bertz CT molecular complexity index is 621. The highest BCUT2D eigenvalue weighted by atomic mass is 16.5. The quantitative estimate of drug-likeness (QED) is 0.629. The number of fused-ring (bicyclic) bond motifs is 5. The van der Waals surface area contributed by atoms with Crippen molar-refractivity contribution in [3.05, 3.63) is 42.0 Å². The molecule has 0 unspecified atom stereocenters. The molecule has 1 aliphatic heterocycles. The van der Waals surface area contributed by atoms with Crippen molar-refractivity contribution in [1.82, 2.24) is 4.90 Å². The fraction of sp³-hybridized carbons (Fsp3) is 0.412. The van der Waals surface area contributed by atoms with Gasteiger partial charge >= 0.3 is 0 Å². The van der Waals surface area contributed by atoms with E-state index in [2.05, 4.69) is 12.2 Å². The molecular weight excluding hydrogens is 266 g/mol. The molecule has 2 aliphatic carbocycles. The SMILES string of the molecule is COc1ccccc1CN1C(=O)[C@@H]2[C@@H](C1=O)[C@H]1C=C[C@@H]2C1. The van der Waals surface area contributed by atoms with Crippen molar-refractivity contribution >= 4 is 11.8 Å². The van der Waals surface area contributed by atoms with Crippen molar-refractivity contribution in [2.24, 2.45) is 23.7 Å². The van der Waals surface area contributed by atoms with Gasteiger partial charge in [0.1, 0.15) is 5.75 Å². The summed E-state index contributed by atoms with van der Waals surface area (Å²) in [6.45, 7) is 0.314. The second-order valence-electron chi connectivity index (χ2n) is 6.07. The number of methoxy groups -OCH3 is 1. The number of ether oxygens (including phenoxy) is 1. The van der Waals surface area contributed by atoms with E-state index in [1.54, 1.807) is 7.11 Å². The summed E-state index contributed by atoms with van der Waals surface area (Å²) in [4.78, 5) is 26.7. The molecular formula is C17H17NO3. The van der Waals surface area contributed by atoms with Gasteiger partial charge in [-0.05, 0) is 24.3 Å². The third-order valence-corrected chi connectivity index (χ3v) is 5.08. The summed E-state index contributed by atoms with van der Waals surface area (Å²) in [6.07, 6.45) is 5.20. The summed E-state index contributed by atoms with van der Waals surface area (Å²) in [5, 5.41) is 0. The van der Waals surface area contributed by atoms with Gasteiger partial charge in [-0.1, -0.05) is 30.4 Å². The van der Waals surface area contributed by atoms with E-state index in [0.29, 0.717) is 6.54 Å². The van der Waals surface area contributed by atoms with E-state index in [-0.39, 0.29) is 35.5 Å². The van der Waals surface area contributed by atoms with Gasteiger partial charge in [-0.15, -0.1) is 0 Å². The maximum absolute atomic E-state index is 12.6. The number of amides is 2. The van der Waals surface area contributed by atoms with E-state index in [1.807, 2.05) is 24.3 Å². The predicted octanol–water partition coefficient (Wildman–Crippen LogP) is 2.00. The lowest BCUT2D eigenvalue weighted by Crippen LogP contribution is -2.32. The van der Waals surface area contributed by atoms with E-state index in [9.17, 15) is 9.59 Å². The van der Waals surface area contributed by atoms with Crippen LogP contribution in [0, 0.1) is 23.7 Å². The van der Waals surface area contributed by atoms with Crippen LogP contribution in [0.2, 0.25) is 0 Å². The van der Waals surface area contributed by atoms with Crippen LogP contribution in [0.15, 0.2) is 36.4 Å². The second-order valence-corrected chi connectivity index (χ2v) is 6.07. The van der Waals surface area contributed by atoms with Gasteiger partial charge in [0, 0.05) is 5.56 Å². The number of rotatable bonds is 3. The van der Waals surface area contributed by atoms with Crippen LogP contribution in [0.25, 0.3) is 0 Å². The maximum Gasteiger partial charge on any atom is 0.234 e. The number of allylic oxidation sites excluding steroid dienone is 2. The topological polar surface area (TPSA) is 46.6 Å². The molecule has 2 fully saturated rings.